The summed E-state index contributed by atoms with van der Waals surface area (Å²) in [6.45, 7) is 4.54. The van der Waals surface area contributed by atoms with Gasteiger partial charge in [-0.3, -0.25) is 0 Å². The highest BCUT2D eigenvalue weighted by Crippen LogP contribution is 2.14. The number of unbranched alkanes of at least 4 members (excludes halogenated alkanes) is 1. The zero-order valence-electron chi connectivity index (χ0n) is 13.7. The molecule has 2 aromatic carbocycles. The number of nitrogens with zero attached hydrogens (tertiary/aromatic N) is 1. The molecule has 23 heavy (non-hydrogen) atoms. The van der Waals surface area contributed by atoms with E-state index in [1.807, 2.05) is 12.1 Å². The molecule has 0 fully saturated rings. The normalized spacial score (nSPS) is 10.3. The third-order valence-electron chi connectivity index (χ3n) is 3.76. The molecule has 0 saturated carbocycles. The number of nitrogens with one attached hydrogen (secondary N) is 1. The van der Waals surface area contributed by atoms with Crippen molar-refractivity contribution in [2.24, 2.45) is 0 Å². The Labute approximate surface area is 138 Å². The van der Waals surface area contributed by atoms with Crippen LogP contribution in [0.2, 0.25) is 0 Å². The van der Waals surface area contributed by atoms with Gasteiger partial charge in [-0.15, -0.1) is 0 Å². The minimum Gasteiger partial charge on any atom is -0.494 e. The van der Waals surface area contributed by atoms with Gasteiger partial charge >= 0.3 is 0 Å². The predicted molar refractivity (Wildman–Crippen MR) is 93.4 cm³/mol. The quantitative estimate of drug-likeness (QED) is 0.712. The van der Waals surface area contributed by atoms with E-state index in [4.69, 9.17) is 10.00 Å². The Hall–Kier alpha value is -2.31. The summed E-state index contributed by atoms with van der Waals surface area (Å²) in [6.07, 6.45) is 2.35. The van der Waals surface area contributed by atoms with E-state index < -0.39 is 0 Å². The first-order valence-electron chi connectivity index (χ1n) is 8.13. The van der Waals surface area contributed by atoms with Gasteiger partial charge in [0.1, 0.15) is 5.75 Å². The third-order valence-corrected chi connectivity index (χ3v) is 3.76. The fourth-order valence-corrected chi connectivity index (χ4v) is 2.43. The zero-order valence-corrected chi connectivity index (χ0v) is 13.7. The van der Waals surface area contributed by atoms with Crippen LogP contribution in [-0.2, 0) is 13.0 Å². The zero-order chi connectivity index (χ0) is 16.3. The van der Waals surface area contributed by atoms with E-state index in [2.05, 4.69) is 54.7 Å². The molecule has 0 unspecified atom stereocenters. The maximum absolute atomic E-state index is 8.51. The van der Waals surface area contributed by atoms with E-state index in [1.165, 1.54) is 16.7 Å². The number of ether oxygens (including phenoxy) is 1. The van der Waals surface area contributed by atoms with Crippen LogP contribution in [0.25, 0.3) is 0 Å². The van der Waals surface area contributed by atoms with Crippen molar-refractivity contribution in [3.63, 3.8) is 0 Å². The average molecular weight is 308 g/mol. The van der Waals surface area contributed by atoms with Crippen LogP contribution in [0.4, 0.5) is 0 Å². The van der Waals surface area contributed by atoms with Gasteiger partial charge in [-0.2, -0.15) is 5.26 Å². The molecule has 0 amide bonds. The fraction of sp³-hybridized carbons (Fsp3) is 0.350. The SMILES string of the molecule is Cc1ccccc1CCNCc1cccc(OCCCC#N)c1. The first kappa shape index (κ1) is 17.1. The summed E-state index contributed by atoms with van der Waals surface area (Å²) < 4.78 is 5.66. The molecule has 0 aromatic heterocycles. The summed E-state index contributed by atoms with van der Waals surface area (Å²) >= 11 is 0. The van der Waals surface area contributed by atoms with Gasteiger partial charge in [0, 0.05) is 13.0 Å². The van der Waals surface area contributed by atoms with E-state index in [0.29, 0.717) is 13.0 Å². The molecule has 0 heterocycles. The molecule has 0 saturated heterocycles. The van der Waals surface area contributed by atoms with E-state index in [1.54, 1.807) is 0 Å². The Morgan fingerprint density at radius 2 is 2.00 bits per heavy atom. The highest BCUT2D eigenvalue weighted by molar-refractivity contribution is 5.28. The minimum atomic E-state index is 0.542. The van der Waals surface area contributed by atoms with Crippen molar-refractivity contribution in [3.8, 4) is 11.8 Å². The first-order chi connectivity index (χ1) is 11.3. The van der Waals surface area contributed by atoms with Gasteiger partial charge in [-0.1, -0.05) is 36.4 Å². The van der Waals surface area contributed by atoms with E-state index in [0.717, 1.165) is 31.7 Å². The van der Waals surface area contributed by atoms with Gasteiger partial charge in [-0.25, -0.2) is 0 Å². The monoisotopic (exact) mass is 308 g/mol. The Morgan fingerprint density at radius 1 is 1.13 bits per heavy atom. The number of hydrogen-bond acceptors (Lipinski definition) is 3. The van der Waals surface area contributed by atoms with Gasteiger partial charge in [0.05, 0.1) is 12.7 Å². The van der Waals surface area contributed by atoms with Crippen molar-refractivity contribution >= 4 is 0 Å². The lowest BCUT2D eigenvalue weighted by atomic mass is 10.1. The Balaban J connectivity index is 1.73. The van der Waals surface area contributed by atoms with Crippen molar-refractivity contribution in [1.82, 2.24) is 5.32 Å². The molecule has 0 radical (unpaired) electrons. The Bertz CT molecular complexity index is 646. The summed E-state index contributed by atoms with van der Waals surface area (Å²) in [5.41, 5.74) is 3.96. The molecule has 0 atom stereocenters. The van der Waals surface area contributed by atoms with Crippen LogP contribution in [-0.4, -0.2) is 13.2 Å². The second-order valence-corrected chi connectivity index (χ2v) is 5.61. The van der Waals surface area contributed by atoms with Crippen LogP contribution in [0.1, 0.15) is 29.5 Å². The van der Waals surface area contributed by atoms with Crippen LogP contribution < -0.4 is 10.1 Å². The molecular weight excluding hydrogens is 284 g/mol. The second kappa shape index (κ2) is 9.66. The molecule has 2 rings (SSSR count). The van der Waals surface area contributed by atoms with Crippen molar-refractivity contribution in [2.75, 3.05) is 13.2 Å². The summed E-state index contributed by atoms with van der Waals surface area (Å²) in [7, 11) is 0. The molecule has 0 aliphatic rings. The summed E-state index contributed by atoms with van der Waals surface area (Å²) in [5, 5.41) is 12.0. The van der Waals surface area contributed by atoms with Crippen molar-refractivity contribution in [1.29, 1.82) is 5.26 Å². The van der Waals surface area contributed by atoms with Gasteiger partial charge in [-0.05, 0) is 55.1 Å². The standard InChI is InChI=1S/C20H24N2O/c1-17-7-2-3-9-19(17)11-13-22-16-18-8-6-10-20(15-18)23-14-5-4-12-21/h2-3,6-10,15,22H,4-5,11,13-14,16H2,1H3. The van der Waals surface area contributed by atoms with Crippen LogP contribution in [0, 0.1) is 18.3 Å². The number of aryl methyl sites for hydroxylation is 1. The summed E-state index contributed by atoms with van der Waals surface area (Å²) in [4.78, 5) is 0. The predicted octanol–water partition coefficient (Wildman–Crippen LogP) is 4.01. The van der Waals surface area contributed by atoms with Gasteiger partial charge in [0.2, 0.25) is 0 Å². The average Bonchev–Trinajstić information content (AvgIpc) is 2.57. The Kier molecular flexibility index (Phi) is 7.16. The number of hydrogen-bond donors (Lipinski definition) is 1. The number of rotatable bonds is 9. The highest BCUT2D eigenvalue weighted by atomic mass is 16.5. The molecule has 0 aliphatic heterocycles. The molecule has 0 spiro atoms. The van der Waals surface area contributed by atoms with E-state index >= 15 is 0 Å². The highest BCUT2D eigenvalue weighted by Gasteiger charge is 1.99. The Morgan fingerprint density at radius 3 is 2.83 bits per heavy atom. The summed E-state index contributed by atoms with van der Waals surface area (Å²) in [5.74, 6) is 0.876. The molecule has 120 valence electrons. The largest absolute Gasteiger partial charge is 0.494 e. The topological polar surface area (TPSA) is 45.0 Å². The first-order valence-corrected chi connectivity index (χ1v) is 8.13. The maximum atomic E-state index is 8.51. The van der Waals surface area contributed by atoms with Crippen molar-refractivity contribution < 1.29 is 4.74 Å². The van der Waals surface area contributed by atoms with Crippen LogP contribution >= 0.6 is 0 Å². The van der Waals surface area contributed by atoms with Gasteiger partial charge < -0.3 is 10.1 Å². The summed E-state index contributed by atoms with van der Waals surface area (Å²) in [6, 6.07) is 18.8. The number of benzene rings is 2. The van der Waals surface area contributed by atoms with Gasteiger partial charge in [0.25, 0.3) is 0 Å². The fourth-order valence-electron chi connectivity index (χ4n) is 2.43. The molecule has 0 aliphatic carbocycles. The molecular formula is C20H24N2O. The molecule has 2 aromatic rings. The van der Waals surface area contributed by atoms with Crippen molar-refractivity contribution in [3.05, 3.63) is 65.2 Å². The number of nitriles is 1. The molecule has 3 heteroatoms. The van der Waals surface area contributed by atoms with E-state index in [-0.39, 0.29) is 0 Å². The van der Waals surface area contributed by atoms with E-state index in [9.17, 15) is 0 Å². The van der Waals surface area contributed by atoms with Crippen molar-refractivity contribution in [2.45, 2.75) is 32.7 Å². The second-order valence-electron chi connectivity index (χ2n) is 5.61. The third kappa shape index (κ3) is 6.14. The minimum absolute atomic E-state index is 0.542. The van der Waals surface area contributed by atoms with Crippen LogP contribution in [0.5, 0.6) is 5.75 Å². The lowest BCUT2D eigenvalue weighted by Crippen LogP contribution is -2.17. The van der Waals surface area contributed by atoms with Gasteiger partial charge in [0.15, 0.2) is 0 Å². The van der Waals surface area contributed by atoms with Crippen LogP contribution in [0.15, 0.2) is 48.5 Å². The molecule has 1 N–H and O–H groups in total. The maximum Gasteiger partial charge on any atom is 0.119 e. The molecule has 3 nitrogen and oxygen atoms in total. The van der Waals surface area contributed by atoms with Crippen LogP contribution in [0.3, 0.4) is 0 Å². The smallest absolute Gasteiger partial charge is 0.119 e. The lowest BCUT2D eigenvalue weighted by molar-refractivity contribution is 0.312. The lowest BCUT2D eigenvalue weighted by Gasteiger charge is -2.09. The molecule has 0 bridgehead atoms.